The first-order valence-corrected chi connectivity index (χ1v) is 12.6. The Morgan fingerprint density at radius 3 is 2.59 bits per heavy atom. The third-order valence-electron chi connectivity index (χ3n) is 5.38. The van der Waals surface area contributed by atoms with E-state index < -0.39 is 11.7 Å². The van der Waals surface area contributed by atoms with Crippen LogP contribution in [0.5, 0.6) is 0 Å². The number of anilines is 4. The molecular weight excluding hydrogens is 457 g/mol. The number of aryl methyl sites for hydroxylation is 1. The largest absolute Gasteiger partial charge is 0.421 e. The highest BCUT2D eigenvalue weighted by Crippen LogP contribution is 2.34. The molecule has 11 heteroatoms. The van der Waals surface area contributed by atoms with Crippen molar-refractivity contribution in [3.05, 3.63) is 35.5 Å². The minimum atomic E-state index is -4.53. The molecule has 176 valence electrons. The van der Waals surface area contributed by atoms with Gasteiger partial charge in [0.25, 0.3) is 0 Å². The molecule has 1 aromatic carbocycles. The van der Waals surface area contributed by atoms with Crippen LogP contribution in [0.1, 0.15) is 24.5 Å². The van der Waals surface area contributed by atoms with Crippen LogP contribution >= 0.6 is 22.5 Å². The number of nitrogens with one attached hydrogen (secondary N) is 2. The zero-order valence-corrected chi connectivity index (χ0v) is 20.0. The van der Waals surface area contributed by atoms with Crippen LogP contribution in [-0.4, -0.2) is 60.4 Å². The fourth-order valence-corrected chi connectivity index (χ4v) is 4.16. The van der Waals surface area contributed by atoms with Gasteiger partial charge in [-0.2, -0.15) is 18.2 Å². The lowest BCUT2D eigenvalue weighted by Crippen LogP contribution is -2.44. The smallest absolute Gasteiger partial charge is 0.369 e. The standard InChI is InChI=1S/C21H29F3N6S2/c1-3-15-13-16(30-10-8-29(2)9-11-30)5-6-18(15)27-20-26-14-17(21(22,23)24)19(28-20)25-7-4-12-32-31/h5-6,13-14,31H,3-4,7-12H2,1-2H3,(H2,25,26,27,28). The summed E-state index contributed by atoms with van der Waals surface area (Å²) in [5.41, 5.74) is 2.13. The highest BCUT2D eigenvalue weighted by molar-refractivity contribution is 8.68. The van der Waals surface area contributed by atoms with Crippen molar-refractivity contribution in [3.63, 3.8) is 0 Å². The summed E-state index contributed by atoms with van der Waals surface area (Å²) in [4.78, 5) is 12.7. The first kappa shape index (κ1) is 24.8. The van der Waals surface area contributed by atoms with Gasteiger partial charge in [0.05, 0.1) is 0 Å². The van der Waals surface area contributed by atoms with Crippen molar-refractivity contribution in [3.8, 4) is 0 Å². The summed E-state index contributed by atoms with van der Waals surface area (Å²) in [6, 6.07) is 6.11. The Morgan fingerprint density at radius 2 is 1.94 bits per heavy atom. The number of aromatic nitrogens is 2. The van der Waals surface area contributed by atoms with Gasteiger partial charge in [-0.25, -0.2) is 4.98 Å². The average Bonchev–Trinajstić information content (AvgIpc) is 2.77. The molecule has 1 saturated heterocycles. The molecule has 2 N–H and O–H groups in total. The van der Waals surface area contributed by atoms with E-state index in [1.165, 1.54) is 10.8 Å². The Labute approximate surface area is 196 Å². The number of alkyl halides is 3. The molecule has 3 rings (SSSR count). The monoisotopic (exact) mass is 486 g/mol. The number of thiol groups is 1. The molecule has 32 heavy (non-hydrogen) atoms. The Morgan fingerprint density at radius 1 is 1.19 bits per heavy atom. The number of piperazine rings is 1. The first-order valence-electron chi connectivity index (χ1n) is 10.6. The lowest BCUT2D eigenvalue weighted by atomic mass is 10.1. The molecule has 0 saturated carbocycles. The third kappa shape index (κ3) is 6.58. The molecule has 0 aliphatic carbocycles. The third-order valence-corrected chi connectivity index (χ3v) is 6.40. The van der Waals surface area contributed by atoms with Crippen molar-refractivity contribution in [2.75, 3.05) is 61.1 Å². The lowest BCUT2D eigenvalue weighted by Gasteiger charge is -2.34. The normalized spacial score (nSPS) is 15.1. The minimum absolute atomic E-state index is 0.131. The molecule has 1 fully saturated rings. The maximum Gasteiger partial charge on any atom is 0.421 e. The van der Waals surface area contributed by atoms with Gasteiger partial charge in [-0.3, -0.25) is 0 Å². The number of halogens is 3. The average molecular weight is 487 g/mol. The van der Waals surface area contributed by atoms with E-state index in [2.05, 4.69) is 55.2 Å². The topological polar surface area (TPSA) is 56.3 Å². The fraction of sp³-hybridized carbons (Fsp3) is 0.524. The van der Waals surface area contributed by atoms with Crippen LogP contribution in [0.25, 0.3) is 0 Å². The molecule has 1 aliphatic heterocycles. The molecule has 2 heterocycles. The van der Waals surface area contributed by atoms with Gasteiger partial charge in [-0.1, -0.05) is 17.7 Å². The van der Waals surface area contributed by atoms with Gasteiger partial charge in [-0.15, -0.1) is 11.7 Å². The second kappa shape index (κ2) is 11.3. The molecular formula is C21H29F3N6S2. The van der Waals surface area contributed by atoms with E-state index in [9.17, 15) is 13.2 Å². The molecule has 0 atom stereocenters. The summed E-state index contributed by atoms with van der Waals surface area (Å²) in [7, 11) is 3.47. The van der Waals surface area contributed by atoms with E-state index >= 15 is 0 Å². The predicted octanol–water partition coefficient (Wildman–Crippen LogP) is 4.93. The van der Waals surface area contributed by atoms with Gasteiger partial charge in [-0.05, 0) is 43.7 Å². The molecule has 0 unspecified atom stereocenters. The highest BCUT2D eigenvalue weighted by atomic mass is 33.1. The molecule has 1 aliphatic rings. The van der Waals surface area contributed by atoms with Gasteiger partial charge in [0.15, 0.2) is 0 Å². The van der Waals surface area contributed by atoms with Crippen LogP contribution in [0.3, 0.4) is 0 Å². The molecule has 6 nitrogen and oxygen atoms in total. The number of rotatable bonds is 9. The van der Waals surface area contributed by atoms with Gasteiger partial charge in [0.1, 0.15) is 11.4 Å². The quantitative estimate of drug-likeness (QED) is 0.264. The van der Waals surface area contributed by atoms with Crippen LogP contribution < -0.4 is 15.5 Å². The summed E-state index contributed by atoms with van der Waals surface area (Å²) in [5.74, 6) is 0.644. The molecule has 0 radical (unpaired) electrons. The van der Waals surface area contributed by atoms with Gasteiger partial charge in [0.2, 0.25) is 5.95 Å². The van der Waals surface area contributed by atoms with Crippen molar-refractivity contribution in [2.45, 2.75) is 25.9 Å². The fourth-order valence-electron chi connectivity index (χ4n) is 3.50. The van der Waals surface area contributed by atoms with Crippen LogP contribution in [-0.2, 0) is 12.6 Å². The molecule has 2 aromatic rings. The van der Waals surface area contributed by atoms with Crippen molar-refractivity contribution in [1.82, 2.24) is 14.9 Å². The maximum atomic E-state index is 13.4. The van der Waals surface area contributed by atoms with Crippen molar-refractivity contribution >= 4 is 45.6 Å². The zero-order chi connectivity index (χ0) is 23.1. The maximum absolute atomic E-state index is 13.4. The number of likely N-dealkylation sites (N-methyl/N-ethyl adjacent to an activating group) is 1. The SMILES string of the molecule is CCc1cc(N2CCN(C)CC2)ccc1Nc1ncc(C(F)(F)F)c(NCCCSS)n1. The van der Waals surface area contributed by atoms with E-state index in [1.54, 1.807) is 0 Å². The first-order chi connectivity index (χ1) is 15.3. The Hall–Kier alpha value is -1.85. The molecule has 0 spiro atoms. The Balaban J connectivity index is 1.79. The van der Waals surface area contributed by atoms with E-state index in [-0.39, 0.29) is 11.8 Å². The van der Waals surface area contributed by atoms with E-state index in [4.69, 9.17) is 0 Å². The number of benzene rings is 1. The zero-order valence-electron chi connectivity index (χ0n) is 18.2. The summed E-state index contributed by atoms with van der Waals surface area (Å²) < 4.78 is 40.1. The summed E-state index contributed by atoms with van der Waals surface area (Å²) in [6.07, 6.45) is -2.25. The van der Waals surface area contributed by atoms with Crippen molar-refractivity contribution < 1.29 is 13.2 Å². The Bertz CT molecular complexity index is 888. The molecule has 1 aromatic heterocycles. The van der Waals surface area contributed by atoms with Crippen LogP contribution in [0, 0.1) is 0 Å². The van der Waals surface area contributed by atoms with Crippen molar-refractivity contribution in [2.24, 2.45) is 0 Å². The van der Waals surface area contributed by atoms with Crippen molar-refractivity contribution in [1.29, 1.82) is 0 Å². The summed E-state index contributed by atoms with van der Waals surface area (Å²) in [5, 5.41) is 5.90. The van der Waals surface area contributed by atoms with Gasteiger partial charge >= 0.3 is 6.18 Å². The highest BCUT2D eigenvalue weighted by Gasteiger charge is 2.35. The van der Waals surface area contributed by atoms with Crippen LogP contribution in [0.4, 0.5) is 36.3 Å². The van der Waals surface area contributed by atoms with E-state index in [0.29, 0.717) is 13.0 Å². The number of hydrogen-bond acceptors (Lipinski definition) is 8. The molecule has 0 bridgehead atoms. The van der Waals surface area contributed by atoms with E-state index in [0.717, 1.165) is 61.5 Å². The van der Waals surface area contributed by atoms with Crippen LogP contribution in [0.2, 0.25) is 0 Å². The minimum Gasteiger partial charge on any atom is -0.369 e. The second-order valence-corrected chi connectivity index (χ2v) is 9.12. The summed E-state index contributed by atoms with van der Waals surface area (Å²) >= 11 is 4.05. The second-order valence-electron chi connectivity index (χ2n) is 7.68. The number of hydrogen-bond donors (Lipinski definition) is 3. The Kier molecular flexibility index (Phi) is 8.78. The summed E-state index contributed by atoms with van der Waals surface area (Å²) in [6.45, 7) is 6.39. The van der Waals surface area contributed by atoms with Gasteiger partial charge in [0, 0.05) is 56.0 Å². The van der Waals surface area contributed by atoms with Gasteiger partial charge < -0.3 is 20.4 Å². The lowest BCUT2D eigenvalue weighted by molar-refractivity contribution is -0.137. The van der Waals surface area contributed by atoms with Crippen LogP contribution in [0.15, 0.2) is 24.4 Å². The predicted molar refractivity (Wildman–Crippen MR) is 130 cm³/mol. The van der Waals surface area contributed by atoms with E-state index in [1.807, 2.05) is 19.1 Å². The molecule has 0 amide bonds. The number of nitrogens with zero attached hydrogens (tertiary/aromatic N) is 4.